The molecule has 2 saturated heterocycles. The highest BCUT2D eigenvalue weighted by molar-refractivity contribution is 5.96. The number of rotatable bonds is 1. The lowest BCUT2D eigenvalue weighted by atomic mass is 10.1. The number of hydrogen-bond acceptors (Lipinski definition) is 3. The lowest BCUT2D eigenvalue weighted by Crippen LogP contribution is -2.35. The molecule has 0 spiro atoms. The fraction of sp³-hybridized carbons (Fsp3) is 0.750. The van der Waals surface area contributed by atoms with E-state index in [1.807, 2.05) is 6.92 Å². The number of carbonyl (C=O) groups is 2. The Morgan fingerprint density at radius 3 is 2.92 bits per heavy atom. The lowest BCUT2D eigenvalue weighted by molar-refractivity contribution is -0.135. The Morgan fingerprint density at radius 1 is 1.50 bits per heavy atom. The van der Waals surface area contributed by atoms with Crippen molar-refractivity contribution in [3.63, 3.8) is 0 Å². The Bertz CT molecular complexity index is 238. The van der Waals surface area contributed by atoms with Crippen LogP contribution in [-0.4, -0.2) is 29.0 Å². The minimum Gasteiger partial charge on any atom is -0.375 e. The van der Waals surface area contributed by atoms with Gasteiger partial charge in [-0.25, -0.2) is 9.59 Å². The first-order valence-electron chi connectivity index (χ1n) is 4.28. The minimum absolute atomic E-state index is 0.217. The Morgan fingerprint density at radius 2 is 2.25 bits per heavy atom. The van der Waals surface area contributed by atoms with Crippen LogP contribution in [0.2, 0.25) is 0 Å². The first-order valence-corrected chi connectivity index (χ1v) is 4.28. The fourth-order valence-electron chi connectivity index (χ4n) is 2.00. The number of cyclic esters (lactones) is 2. The summed E-state index contributed by atoms with van der Waals surface area (Å²) in [6, 6.07) is -0.0589. The smallest absolute Gasteiger partial charge is 0.375 e. The van der Waals surface area contributed by atoms with Crippen LogP contribution in [0.15, 0.2) is 0 Å². The van der Waals surface area contributed by atoms with Crippen molar-refractivity contribution in [2.45, 2.75) is 38.3 Å². The third-order valence-electron chi connectivity index (χ3n) is 2.64. The van der Waals surface area contributed by atoms with Crippen LogP contribution < -0.4 is 0 Å². The van der Waals surface area contributed by atoms with Gasteiger partial charge in [-0.05, 0) is 19.3 Å². The summed E-state index contributed by atoms with van der Waals surface area (Å²) >= 11 is 0. The highest BCUT2D eigenvalue weighted by atomic mass is 16.6. The number of nitrogens with zero attached hydrogens (tertiary/aromatic N) is 1. The Hall–Kier alpha value is -1.06. The van der Waals surface area contributed by atoms with Crippen LogP contribution in [0.5, 0.6) is 0 Å². The number of esters is 1. The number of fused-ring (bicyclic) bond motifs is 1. The Kier molecular flexibility index (Phi) is 1.56. The summed E-state index contributed by atoms with van der Waals surface area (Å²) < 4.78 is 4.51. The topological polar surface area (TPSA) is 46.6 Å². The second kappa shape index (κ2) is 2.47. The highest BCUT2D eigenvalue weighted by Crippen LogP contribution is 2.31. The molecule has 2 atom stereocenters. The molecule has 0 aromatic heterocycles. The van der Waals surface area contributed by atoms with Crippen molar-refractivity contribution < 1.29 is 14.3 Å². The monoisotopic (exact) mass is 169 g/mol. The normalized spacial score (nSPS) is 33.9. The predicted octanol–water partition coefficient (Wildman–Crippen LogP) is 0.906. The van der Waals surface area contributed by atoms with E-state index in [4.69, 9.17) is 0 Å². The molecular formula is C8H11NO3. The van der Waals surface area contributed by atoms with Gasteiger partial charge in [0, 0.05) is 6.04 Å². The molecule has 0 saturated carbocycles. The first-order chi connectivity index (χ1) is 5.74. The van der Waals surface area contributed by atoms with Crippen LogP contribution in [-0.2, 0) is 9.53 Å². The molecule has 0 aliphatic carbocycles. The van der Waals surface area contributed by atoms with E-state index in [0.29, 0.717) is 0 Å². The van der Waals surface area contributed by atoms with Crippen LogP contribution in [0.1, 0.15) is 26.2 Å². The van der Waals surface area contributed by atoms with Gasteiger partial charge in [-0.2, -0.15) is 0 Å². The molecule has 0 aromatic carbocycles. The van der Waals surface area contributed by atoms with Crippen molar-refractivity contribution in [3.8, 4) is 0 Å². The second-order valence-electron chi connectivity index (χ2n) is 3.25. The van der Waals surface area contributed by atoms with Crippen LogP contribution in [0, 0.1) is 0 Å². The maximum Gasteiger partial charge on any atom is 0.418 e. The summed E-state index contributed by atoms with van der Waals surface area (Å²) in [6.45, 7) is 2.02. The summed E-state index contributed by atoms with van der Waals surface area (Å²) in [5.74, 6) is -0.365. The Labute approximate surface area is 70.5 Å². The largest absolute Gasteiger partial charge is 0.418 e. The van der Waals surface area contributed by atoms with Gasteiger partial charge >= 0.3 is 12.1 Å². The molecule has 4 nitrogen and oxygen atoms in total. The maximum atomic E-state index is 11.1. The molecule has 0 aromatic rings. The van der Waals surface area contributed by atoms with Crippen molar-refractivity contribution >= 4 is 12.1 Å². The molecule has 2 aliphatic heterocycles. The van der Waals surface area contributed by atoms with Crippen LogP contribution >= 0.6 is 0 Å². The summed E-state index contributed by atoms with van der Waals surface area (Å²) in [5, 5.41) is 0. The molecule has 2 heterocycles. The predicted molar refractivity (Wildman–Crippen MR) is 40.4 cm³/mol. The quantitative estimate of drug-likeness (QED) is 0.433. The molecular weight excluding hydrogens is 158 g/mol. The first kappa shape index (κ1) is 7.58. The van der Waals surface area contributed by atoms with E-state index in [1.54, 1.807) is 4.90 Å². The van der Waals surface area contributed by atoms with Crippen LogP contribution in [0.4, 0.5) is 4.79 Å². The van der Waals surface area contributed by atoms with Gasteiger partial charge in [-0.3, -0.25) is 4.90 Å². The summed E-state index contributed by atoms with van der Waals surface area (Å²) in [5.41, 5.74) is 0. The van der Waals surface area contributed by atoms with Crippen molar-refractivity contribution in [3.05, 3.63) is 0 Å². The molecule has 2 aliphatic rings. The van der Waals surface area contributed by atoms with E-state index in [2.05, 4.69) is 4.74 Å². The summed E-state index contributed by atoms with van der Waals surface area (Å²) in [6.07, 6.45) is 2.15. The molecule has 66 valence electrons. The molecule has 0 radical (unpaired) electrons. The molecule has 1 amide bonds. The van der Waals surface area contributed by atoms with Gasteiger partial charge in [0.05, 0.1) is 0 Å². The lowest BCUT2D eigenvalue weighted by Gasteiger charge is -2.18. The molecule has 12 heavy (non-hydrogen) atoms. The zero-order valence-electron chi connectivity index (χ0n) is 6.95. The van der Waals surface area contributed by atoms with Gasteiger partial charge in [-0.1, -0.05) is 6.92 Å². The van der Waals surface area contributed by atoms with Gasteiger partial charge in [0.1, 0.15) is 6.04 Å². The second-order valence-corrected chi connectivity index (χ2v) is 3.25. The van der Waals surface area contributed by atoms with Crippen LogP contribution in [0.25, 0.3) is 0 Å². The third-order valence-corrected chi connectivity index (χ3v) is 2.64. The van der Waals surface area contributed by atoms with E-state index in [-0.39, 0.29) is 18.1 Å². The van der Waals surface area contributed by atoms with Crippen molar-refractivity contribution in [1.82, 2.24) is 4.90 Å². The Balaban J connectivity index is 2.22. The average Bonchev–Trinajstić information content (AvgIpc) is 2.55. The molecule has 2 rings (SSSR count). The third kappa shape index (κ3) is 0.838. The minimum atomic E-state index is -0.450. The molecule has 0 N–H and O–H groups in total. The maximum absolute atomic E-state index is 11.1. The van der Waals surface area contributed by atoms with E-state index in [9.17, 15) is 9.59 Å². The summed E-state index contributed by atoms with van der Waals surface area (Å²) in [7, 11) is 0. The van der Waals surface area contributed by atoms with Crippen molar-refractivity contribution in [2.75, 3.05) is 0 Å². The van der Waals surface area contributed by atoms with Crippen molar-refractivity contribution in [1.29, 1.82) is 0 Å². The van der Waals surface area contributed by atoms with Gasteiger partial charge in [0.25, 0.3) is 0 Å². The van der Waals surface area contributed by atoms with Crippen LogP contribution in [0.3, 0.4) is 0 Å². The van der Waals surface area contributed by atoms with E-state index in [1.165, 1.54) is 0 Å². The number of amides is 1. The SMILES string of the molecule is CC[C@@H]1CC[C@H]2C(=O)OC(=O)N12. The molecule has 0 unspecified atom stereocenters. The molecule has 0 bridgehead atoms. The van der Waals surface area contributed by atoms with Gasteiger partial charge in [0.15, 0.2) is 0 Å². The van der Waals surface area contributed by atoms with Crippen molar-refractivity contribution in [2.24, 2.45) is 0 Å². The summed E-state index contributed by atoms with van der Waals surface area (Å²) in [4.78, 5) is 23.7. The number of carbonyl (C=O) groups excluding carboxylic acids is 2. The van der Waals surface area contributed by atoms with Gasteiger partial charge in [-0.15, -0.1) is 0 Å². The standard InChI is InChI=1S/C8H11NO3/c1-2-5-3-4-6-7(10)12-8(11)9(5)6/h5-6H,2-4H2,1H3/t5-,6+/m1/s1. The van der Waals surface area contributed by atoms with E-state index < -0.39 is 6.09 Å². The van der Waals surface area contributed by atoms with Gasteiger partial charge < -0.3 is 4.74 Å². The van der Waals surface area contributed by atoms with E-state index >= 15 is 0 Å². The molecule has 4 heteroatoms. The fourth-order valence-corrected chi connectivity index (χ4v) is 2.00. The van der Waals surface area contributed by atoms with Gasteiger partial charge in [0.2, 0.25) is 0 Å². The zero-order valence-corrected chi connectivity index (χ0v) is 6.95. The van der Waals surface area contributed by atoms with E-state index in [0.717, 1.165) is 19.3 Å². The zero-order chi connectivity index (χ0) is 8.72. The number of ether oxygens (including phenoxy) is 1. The average molecular weight is 169 g/mol. The molecule has 2 fully saturated rings. The highest BCUT2D eigenvalue weighted by Gasteiger charge is 2.48. The number of hydrogen-bond donors (Lipinski definition) is 0.